The van der Waals surface area contributed by atoms with Crippen molar-refractivity contribution in [2.45, 2.75) is 12.3 Å². The molecule has 2 amide bonds. The van der Waals surface area contributed by atoms with Gasteiger partial charge in [-0.1, -0.05) is 22.0 Å². The number of halogens is 2. The van der Waals surface area contributed by atoms with Crippen molar-refractivity contribution in [2.24, 2.45) is 0 Å². The molecule has 1 heterocycles. The number of hydrogen-bond acceptors (Lipinski definition) is 2. The van der Waals surface area contributed by atoms with Gasteiger partial charge in [-0.15, -0.1) is 11.6 Å². The predicted octanol–water partition coefficient (Wildman–Crippen LogP) is 2.36. The average Bonchev–Trinajstić information content (AvgIpc) is 2.46. The van der Waals surface area contributed by atoms with Gasteiger partial charge >= 0.3 is 0 Å². The number of nitrogens with zero attached hydrogens (tertiary/aromatic N) is 2. The minimum atomic E-state index is -0.512. The number of hydrogen-bond donors (Lipinski definition) is 0. The second-order valence-corrected chi connectivity index (χ2v) is 6.31. The van der Waals surface area contributed by atoms with Crippen LogP contribution in [-0.4, -0.2) is 53.2 Å². The average molecular weight is 360 g/mol. The molecule has 1 aromatic rings. The highest BCUT2D eigenvalue weighted by Crippen LogP contribution is 2.15. The number of amides is 2. The number of benzene rings is 1. The number of rotatable bonds is 2. The predicted molar refractivity (Wildman–Crippen MR) is 81.9 cm³/mol. The van der Waals surface area contributed by atoms with Crippen LogP contribution >= 0.6 is 27.5 Å². The standard InChI is InChI=1S/C14H16BrClN2O2/c1-10(16)13(19)17-5-7-18(8-6-17)14(20)11-3-2-4-12(15)9-11/h2-4,9-10H,5-8H2,1H3. The molecule has 0 spiro atoms. The van der Waals surface area contributed by atoms with Gasteiger partial charge in [-0.05, 0) is 25.1 Å². The maximum atomic E-state index is 12.3. The molecule has 0 aromatic heterocycles. The van der Waals surface area contributed by atoms with Gasteiger partial charge in [0.2, 0.25) is 5.91 Å². The molecule has 1 aliphatic heterocycles. The topological polar surface area (TPSA) is 40.6 Å². The highest BCUT2D eigenvalue weighted by Gasteiger charge is 2.26. The molecule has 0 bridgehead atoms. The zero-order valence-electron chi connectivity index (χ0n) is 11.2. The molecular formula is C14H16BrClN2O2. The Labute approximate surface area is 131 Å². The van der Waals surface area contributed by atoms with E-state index in [2.05, 4.69) is 15.9 Å². The van der Waals surface area contributed by atoms with Crippen molar-refractivity contribution in [3.8, 4) is 0 Å². The van der Waals surface area contributed by atoms with Crippen LogP contribution in [0, 0.1) is 0 Å². The van der Waals surface area contributed by atoms with E-state index in [0.717, 1.165) is 4.47 Å². The van der Waals surface area contributed by atoms with E-state index in [1.54, 1.807) is 28.9 Å². The van der Waals surface area contributed by atoms with Crippen molar-refractivity contribution in [2.75, 3.05) is 26.2 Å². The van der Waals surface area contributed by atoms with Gasteiger partial charge < -0.3 is 9.80 Å². The van der Waals surface area contributed by atoms with Gasteiger partial charge in [0.1, 0.15) is 5.38 Å². The lowest BCUT2D eigenvalue weighted by Gasteiger charge is -2.35. The Kier molecular flexibility index (Phi) is 5.05. The lowest BCUT2D eigenvalue weighted by Crippen LogP contribution is -2.52. The Morgan fingerprint density at radius 3 is 2.35 bits per heavy atom. The summed E-state index contributed by atoms with van der Waals surface area (Å²) in [6.45, 7) is 3.83. The summed E-state index contributed by atoms with van der Waals surface area (Å²) in [4.78, 5) is 27.6. The summed E-state index contributed by atoms with van der Waals surface area (Å²) >= 11 is 9.16. The normalized spacial score (nSPS) is 16.9. The largest absolute Gasteiger partial charge is 0.338 e. The summed E-state index contributed by atoms with van der Waals surface area (Å²) in [5.74, 6) is -0.0708. The maximum Gasteiger partial charge on any atom is 0.254 e. The summed E-state index contributed by atoms with van der Waals surface area (Å²) in [7, 11) is 0. The summed E-state index contributed by atoms with van der Waals surface area (Å²) in [6.07, 6.45) is 0. The van der Waals surface area contributed by atoms with Gasteiger partial charge in [0.15, 0.2) is 0 Å². The van der Waals surface area contributed by atoms with Crippen LogP contribution in [-0.2, 0) is 4.79 Å². The molecule has 0 radical (unpaired) electrons. The first kappa shape index (κ1) is 15.3. The monoisotopic (exact) mass is 358 g/mol. The molecule has 1 unspecified atom stereocenters. The fourth-order valence-electron chi connectivity index (χ4n) is 2.19. The molecule has 1 aliphatic rings. The van der Waals surface area contributed by atoms with Gasteiger partial charge in [0.25, 0.3) is 5.91 Å². The van der Waals surface area contributed by atoms with Gasteiger partial charge in [0, 0.05) is 36.2 Å². The molecule has 108 valence electrons. The minimum Gasteiger partial charge on any atom is -0.338 e. The molecule has 2 rings (SSSR count). The van der Waals surface area contributed by atoms with Crippen LogP contribution in [0.1, 0.15) is 17.3 Å². The van der Waals surface area contributed by atoms with Gasteiger partial charge in [0.05, 0.1) is 0 Å². The first-order valence-electron chi connectivity index (χ1n) is 6.46. The molecule has 0 saturated carbocycles. The third-order valence-electron chi connectivity index (χ3n) is 3.29. The van der Waals surface area contributed by atoms with E-state index < -0.39 is 5.38 Å². The summed E-state index contributed by atoms with van der Waals surface area (Å²) in [5, 5.41) is -0.512. The number of piperazine rings is 1. The van der Waals surface area contributed by atoms with E-state index >= 15 is 0 Å². The van der Waals surface area contributed by atoms with E-state index in [1.165, 1.54) is 0 Å². The molecular weight excluding hydrogens is 344 g/mol. The van der Waals surface area contributed by atoms with Crippen molar-refractivity contribution in [1.29, 1.82) is 0 Å². The molecule has 6 heteroatoms. The van der Waals surface area contributed by atoms with Crippen LogP contribution < -0.4 is 0 Å². The van der Waals surface area contributed by atoms with Crippen LogP contribution in [0.5, 0.6) is 0 Å². The molecule has 4 nitrogen and oxygen atoms in total. The van der Waals surface area contributed by atoms with E-state index in [4.69, 9.17) is 11.6 Å². The lowest BCUT2D eigenvalue weighted by atomic mass is 10.2. The van der Waals surface area contributed by atoms with Crippen LogP contribution in [0.15, 0.2) is 28.7 Å². The van der Waals surface area contributed by atoms with E-state index in [9.17, 15) is 9.59 Å². The van der Waals surface area contributed by atoms with Crippen LogP contribution in [0.4, 0.5) is 0 Å². The van der Waals surface area contributed by atoms with Crippen molar-refractivity contribution >= 4 is 39.3 Å². The molecule has 1 saturated heterocycles. The summed E-state index contributed by atoms with van der Waals surface area (Å²) < 4.78 is 0.883. The third kappa shape index (κ3) is 3.52. The zero-order valence-corrected chi connectivity index (χ0v) is 13.5. The Bertz CT molecular complexity index is 514. The van der Waals surface area contributed by atoms with E-state index in [0.29, 0.717) is 31.7 Å². The smallest absolute Gasteiger partial charge is 0.254 e. The highest BCUT2D eigenvalue weighted by molar-refractivity contribution is 9.10. The summed E-state index contributed by atoms with van der Waals surface area (Å²) in [6, 6.07) is 7.33. The summed E-state index contributed by atoms with van der Waals surface area (Å²) in [5.41, 5.74) is 0.657. The van der Waals surface area contributed by atoms with Gasteiger partial charge in [-0.2, -0.15) is 0 Å². The first-order chi connectivity index (χ1) is 9.49. The van der Waals surface area contributed by atoms with Crippen molar-refractivity contribution in [3.63, 3.8) is 0 Å². The second-order valence-electron chi connectivity index (χ2n) is 4.74. The quantitative estimate of drug-likeness (QED) is 0.761. The first-order valence-corrected chi connectivity index (χ1v) is 7.69. The number of alkyl halides is 1. The van der Waals surface area contributed by atoms with Crippen LogP contribution in [0.25, 0.3) is 0 Å². The lowest BCUT2D eigenvalue weighted by molar-refractivity contribution is -0.131. The zero-order chi connectivity index (χ0) is 14.7. The van der Waals surface area contributed by atoms with Crippen molar-refractivity contribution in [1.82, 2.24) is 9.80 Å². The minimum absolute atomic E-state index is 0.00248. The second kappa shape index (κ2) is 6.59. The molecule has 0 N–H and O–H groups in total. The Morgan fingerprint density at radius 2 is 1.80 bits per heavy atom. The van der Waals surface area contributed by atoms with Crippen LogP contribution in [0.3, 0.4) is 0 Å². The molecule has 1 fully saturated rings. The fraction of sp³-hybridized carbons (Fsp3) is 0.429. The molecule has 0 aliphatic carbocycles. The van der Waals surface area contributed by atoms with Crippen molar-refractivity contribution in [3.05, 3.63) is 34.3 Å². The number of carbonyl (C=O) groups is 2. The molecule has 1 atom stereocenters. The SMILES string of the molecule is CC(Cl)C(=O)N1CCN(C(=O)c2cccc(Br)c2)CC1. The Balaban J connectivity index is 1.97. The van der Waals surface area contributed by atoms with Crippen LogP contribution in [0.2, 0.25) is 0 Å². The van der Waals surface area contributed by atoms with E-state index in [1.807, 2.05) is 12.1 Å². The number of carbonyl (C=O) groups excluding carboxylic acids is 2. The highest BCUT2D eigenvalue weighted by atomic mass is 79.9. The molecule has 20 heavy (non-hydrogen) atoms. The maximum absolute atomic E-state index is 12.3. The van der Waals surface area contributed by atoms with E-state index in [-0.39, 0.29) is 11.8 Å². The van der Waals surface area contributed by atoms with Gasteiger partial charge in [-0.3, -0.25) is 9.59 Å². The van der Waals surface area contributed by atoms with Crippen molar-refractivity contribution < 1.29 is 9.59 Å². The Hall–Kier alpha value is -1.07. The fourth-order valence-corrected chi connectivity index (χ4v) is 2.72. The third-order valence-corrected chi connectivity index (χ3v) is 3.97. The molecule has 1 aromatic carbocycles. The van der Waals surface area contributed by atoms with Gasteiger partial charge in [-0.25, -0.2) is 0 Å². The Morgan fingerprint density at radius 1 is 1.20 bits per heavy atom.